The molecule has 0 N–H and O–H groups in total. The second-order valence-corrected chi connectivity index (χ2v) is 11.1. The Hall–Kier alpha value is -4.45. The van der Waals surface area contributed by atoms with Gasteiger partial charge in [0.25, 0.3) is 0 Å². The first-order valence-electron chi connectivity index (χ1n) is 13.1. The maximum Gasteiger partial charge on any atom is 0.410 e. The summed E-state index contributed by atoms with van der Waals surface area (Å²) in [5.74, 6) is 1.69. The first-order chi connectivity index (χ1) is 19.1. The molecule has 2 fully saturated rings. The van der Waals surface area contributed by atoms with E-state index in [9.17, 15) is 9.18 Å². The van der Waals surface area contributed by atoms with Crippen LogP contribution in [0.5, 0.6) is 5.75 Å². The van der Waals surface area contributed by atoms with E-state index >= 15 is 4.39 Å². The van der Waals surface area contributed by atoms with Gasteiger partial charge in [0.1, 0.15) is 22.6 Å². The summed E-state index contributed by atoms with van der Waals surface area (Å²) in [6.07, 6.45) is 9.10. The van der Waals surface area contributed by atoms with E-state index in [1.54, 1.807) is 35.4 Å². The van der Waals surface area contributed by atoms with Crippen LogP contribution in [0.15, 0.2) is 42.7 Å². The number of anilines is 1. The third-order valence-corrected chi connectivity index (χ3v) is 7.62. The highest BCUT2D eigenvalue weighted by Gasteiger charge is 2.51. The zero-order valence-electron chi connectivity index (χ0n) is 22.7. The summed E-state index contributed by atoms with van der Waals surface area (Å²) in [4.78, 5) is 25.5. The molecule has 7 nitrogen and oxygen atoms in total. The van der Waals surface area contributed by atoms with Crippen LogP contribution in [0, 0.1) is 24.0 Å². The van der Waals surface area contributed by atoms with Crippen LogP contribution in [-0.4, -0.2) is 58.8 Å². The van der Waals surface area contributed by atoms with Crippen LogP contribution in [-0.2, 0) is 4.74 Å². The third-order valence-electron chi connectivity index (χ3n) is 7.62. The van der Waals surface area contributed by atoms with Gasteiger partial charge in [-0.2, -0.15) is 0 Å². The number of benzene rings is 2. The smallest absolute Gasteiger partial charge is 0.410 e. The molecule has 0 saturated carbocycles. The molecule has 2 aliphatic heterocycles. The zero-order chi connectivity index (χ0) is 28.3. The van der Waals surface area contributed by atoms with E-state index in [1.165, 1.54) is 19.4 Å². The van der Waals surface area contributed by atoms with Crippen molar-refractivity contribution in [3.05, 3.63) is 59.9 Å². The van der Waals surface area contributed by atoms with Gasteiger partial charge in [-0.1, -0.05) is 30.2 Å². The molecule has 2 atom stereocenters. The van der Waals surface area contributed by atoms with Crippen molar-refractivity contribution < 1.29 is 23.0 Å². The standard InChI is InChI=1S/C31H28F2N4O3/c1-6-18-21(32)11-10-17-8-7-9-19(25(17)18)27-26(33)28-20(14-34-27)29(24(39-5)15-35-28)37-16-23-22(37)12-13-36(23)30(38)40-31(2,3)4/h1,7-11,14-15,22-23H,12-13,16H2,2-5H3/t22-,23-/m1/s1. The summed E-state index contributed by atoms with van der Waals surface area (Å²) < 4.78 is 42.0. The van der Waals surface area contributed by atoms with Gasteiger partial charge in [0, 0.05) is 35.6 Å². The normalized spacial score (nSPS) is 18.4. The summed E-state index contributed by atoms with van der Waals surface area (Å²) >= 11 is 0. The Kier molecular flexibility index (Phi) is 6.02. The van der Waals surface area contributed by atoms with Gasteiger partial charge in [0.2, 0.25) is 0 Å². The number of hydrogen-bond acceptors (Lipinski definition) is 6. The Balaban J connectivity index is 1.42. The number of rotatable bonds is 3. The van der Waals surface area contributed by atoms with E-state index in [-0.39, 0.29) is 35.0 Å². The Morgan fingerprint density at radius 1 is 1.12 bits per heavy atom. The summed E-state index contributed by atoms with van der Waals surface area (Å²) in [6, 6.07) is 8.14. The fourth-order valence-electron chi connectivity index (χ4n) is 5.84. The van der Waals surface area contributed by atoms with E-state index in [0.29, 0.717) is 46.2 Å². The number of fused-ring (bicyclic) bond motifs is 3. The molecule has 1 amide bonds. The molecule has 2 aromatic heterocycles. The lowest BCUT2D eigenvalue weighted by atomic mass is 9.94. The predicted octanol–water partition coefficient (Wildman–Crippen LogP) is 5.92. The second kappa shape index (κ2) is 9.33. The summed E-state index contributed by atoms with van der Waals surface area (Å²) in [6.45, 7) is 6.64. The molecule has 9 heteroatoms. The minimum absolute atomic E-state index is 0.0207. The maximum atomic E-state index is 16.2. The molecule has 0 bridgehead atoms. The van der Waals surface area contributed by atoms with E-state index in [2.05, 4.69) is 20.8 Å². The van der Waals surface area contributed by atoms with Crippen molar-refractivity contribution in [1.29, 1.82) is 0 Å². The molecule has 2 saturated heterocycles. The zero-order valence-corrected chi connectivity index (χ0v) is 22.7. The first-order valence-corrected chi connectivity index (χ1v) is 13.1. The van der Waals surface area contributed by atoms with Crippen LogP contribution in [0.2, 0.25) is 0 Å². The molecule has 6 rings (SSSR count). The molecule has 2 aliphatic rings. The lowest BCUT2D eigenvalue weighted by molar-refractivity contribution is 0.0194. The number of methoxy groups -OCH3 is 1. The molecule has 4 aromatic rings. The number of nitrogens with zero attached hydrogens (tertiary/aromatic N) is 4. The van der Waals surface area contributed by atoms with Crippen molar-refractivity contribution in [2.24, 2.45) is 0 Å². The molecule has 4 heterocycles. The van der Waals surface area contributed by atoms with Crippen molar-refractivity contribution in [3.63, 3.8) is 0 Å². The Morgan fingerprint density at radius 3 is 2.65 bits per heavy atom. The Labute approximate surface area is 230 Å². The van der Waals surface area contributed by atoms with Gasteiger partial charge in [0.15, 0.2) is 11.6 Å². The Bertz CT molecular complexity index is 1730. The van der Waals surface area contributed by atoms with Crippen molar-refractivity contribution in [1.82, 2.24) is 14.9 Å². The molecule has 2 aromatic carbocycles. The number of pyridine rings is 2. The Morgan fingerprint density at radius 2 is 1.93 bits per heavy atom. The maximum absolute atomic E-state index is 16.2. The van der Waals surface area contributed by atoms with Crippen molar-refractivity contribution in [2.45, 2.75) is 44.9 Å². The number of terminal acetylenes is 1. The van der Waals surface area contributed by atoms with Gasteiger partial charge in [-0.25, -0.2) is 18.6 Å². The van der Waals surface area contributed by atoms with Crippen LogP contribution in [0.3, 0.4) is 0 Å². The van der Waals surface area contributed by atoms with Gasteiger partial charge < -0.3 is 19.3 Å². The van der Waals surface area contributed by atoms with Gasteiger partial charge in [-0.15, -0.1) is 6.42 Å². The van der Waals surface area contributed by atoms with Crippen molar-refractivity contribution >= 4 is 33.5 Å². The number of carbonyl (C=O) groups excluding carboxylic acids is 1. The second-order valence-electron chi connectivity index (χ2n) is 11.1. The minimum Gasteiger partial charge on any atom is -0.493 e. The van der Waals surface area contributed by atoms with E-state index in [4.69, 9.17) is 15.9 Å². The van der Waals surface area contributed by atoms with Gasteiger partial charge in [-0.3, -0.25) is 4.98 Å². The molecule has 0 radical (unpaired) electrons. The fraction of sp³-hybridized carbons (Fsp3) is 0.323. The average Bonchev–Trinajstić information content (AvgIpc) is 3.24. The number of ether oxygens (including phenoxy) is 2. The highest BCUT2D eigenvalue weighted by molar-refractivity contribution is 6.03. The van der Waals surface area contributed by atoms with Crippen LogP contribution in [0.25, 0.3) is 32.9 Å². The number of hydrogen-bond donors (Lipinski definition) is 0. The SMILES string of the molecule is C#Cc1c(F)ccc2cccc(-c3ncc4c(N5C[C@@H]6[C@H]5CCN6C(=O)OC(C)(C)C)c(OC)cnc4c3F)c12. The quantitative estimate of drug-likeness (QED) is 0.300. The highest BCUT2D eigenvalue weighted by atomic mass is 19.1. The van der Waals surface area contributed by atoms with Gasteiger partial charge >= 0.3 is 6.09 Å². The van der Waals surface area contributed by atoms with Crippen LogP contribution < -0.4 is 9.64 Å². The molecule has 40 heavy (non-hydrogen) atoms. The van der Waals surface area contributed by atoms with Crippen LogP contribution >= 0.6 is 0 Å². The largest absolute Gasteiger partial charge is 0.493 e. The minimum atomic E-state index is -0.639. The number of amides is 1. The van der Waals surface area contributed by atoms with E-state index in [1.807, 2.05) is 20.8 Å². The summed E-state index contributed by atoms with van der Waals surface area (Å²) in [7, 11) is 1.54. The molecule has 0 unspecified atom stereocenters. The molecule has 204 valence electrons. The average molecular weight is 543 g/mol. The highest BCUT2D eigenvalue weighted by Crippen LogP contribution is 2.45. The number of aromatic nitrogens is 2. The number of carbonyl (C=O) groups is 1. The molecule has 0 aliphatic carbocycles. The predicted molar refractivity (Wildman–Crippen MR) is 149 cm³/mol. The van der Waals surface area contributed by atoms with Crippen molar-refractivity contribution in [3.8, 4) is 29.4 Å². The topological polar surface area (TPSA) is 67.8 Å². The van der Waals surface area contributed by atoms with Crippen molar-refractivity contribution in [2.75, 3.05) is 25.1 Å². The van der Waals surface area contributed by atoms with E-state index in [0.717, 1.165) is 6.42 Å². The molecule has 0 spiro atoms. The molecular weight excluding hydrogens is 514 g/mol. The van der Waals surface area contributed by atoms with Crippen LogP contribution in [0.4, 0.5) is 19.3 Å². The van der Waals surface area contributed by atoms with Gasteiger partial charge in [0.05, 0.1) is 36.6 Å². The monoisotopic (exact) mass is 542 g/mol. The number of halogens is 2. The van der Waals surface area contributed by atoms with E-state index < -0.39 is 17.2 Å². The lowest BCUT2D eigenvalue weighted by Gasteiger charge is -2.48. The van der Waals surface area contributed by atoms with Crippen LogP contribution in [0.1, 0.15) is 32.8 Å². The first kappa shape index (κ1) is 25.8. The number of likely N-dealkylation sites (tertiary alicyclic amines) is 1. The third kappa shape index (κ3) is 3.98. The summed E-state index contributed by atoms with van der Waals surface area (Å²) in [5.41, 5.74) is 0.674. The lowest BCUT2D eigenvalue weighted by Crippen LogP contribution is -2.63. The van der Waals surface area contributed by atoms with Gasteiger partial charge in [-0.05, 0) is 38.6 Å². The summed E-state index contributed by atoms with van der Waals surface area (Å²) in [5, 5.41) is 1.58. The fourth-order valence-corrected chi connectivity index (χ4v) is 5.84. The molecular formula is C31H28F2N4O3.